The van der Waals surface area contributed by atoms with Gasteiger partial charge in [-0.05, 0) is 83.5 Å². The number of unbranched alkanes of at least 4 members (excludes halogenated alkanes) is 31. The fourth-order valence-corrected chi connectivity index (χ4v) is 9.48. The van der Waals surface area contributed by atoms with Crippen LogP contribution in [0.2, 0.25) is 0 Å². The number of esters is 3. The first-order valence-electron chi connectivity index (χ1n) is 31.2. The number of carbonyl (C=O) groups excluding carboxylic acids is 3. The molecule has 0 aromatic heterocycles. The predicted molar refractivity (Wildman–Crippen MR) is 316 cm³/mol. The average Bonchev–Trinajstić information content (AvgIpc) is 3.41. The van der Waals surface area contributed by atoms with Crippen LogP contribution in [0.25, 0.3) is 0 Å². The van der Waals surface area contributed by atoms with Crippen molar-refractivity contribution in [1.82, 2.24) is 0 Å². The summed E-state index contributed by atoms with van der Waals surface area (Å²) in [4.78, 5) is 48.7. The van der Waals surface area contributed by atoms with E-state index in [1.807, 2.05) is 0 Å². The predicted octanol–water partition coefficient (Wildman–Crippen LogP) is 18.7. The maximum Gasteiger partial charge on any atom is 0.472 e. The number of aliphatic hydroxyl groups excluding tert-OH is 1. The number of aliphatic hydroxyl groups is 1. The molecule has 0 spiro atoms. The van der Waals surface area contributed by atoms with Crippen LogP contribution < -0.4 is 0 Å². The fraction of sp³-hybridized carbons (Fsp3) is 0.797. The van der Waals surface area contributed by atoms with E-state index in [0.29, 0.717) is 19.3 Å². The molecule has 0 heterocycles. The Hall–Kier alpha value is -2.82. The minimum atomic E-state index is -4.76. The molecule has 0 radical (unpaired) electrons. The lowest BCUT2D eigenvalue weighted by molar-refractivity contribution is -0.161. The maximum absolute atomic E-state index is 12.9. The first kappa shape index (κ1) is 73.2. The molecule has 3 unspecified atom stereocenters. The van der Waals surface area contributed by atoms with E-state index in [0.717, 1.165) is 109 Å². The second kappa shape index (κ2) is 58.3. The monoisotopic (exact) mass is 1090 g/mol. The molecule has 12 heteroatoms. The smallest absolute Gasteiger partial charge is 0.462 e. The van der Waals surface area contributed by atoms with Crippen molar-refractivity contribution >= 4 is 25.7 Å². The van der Waals surface area contributed by atoms with Crippen molar-refractivity contribution in [2.24, 2.45) is 0 Å². The highest BCUT2D eigenvalue weighted by Gasteiger charge is 2.28. The Bertz CT molecular complexity index is 1510. The lowest BCUT2D eigenvalue weighted by Gasteiger charge is -2.21. The highest BCUT2D eigenvalue weighted by atomic mass is 31.2. The van der Waals surface area contributed by atoms with Crippen LogP contribution in [-0.2, 0) is 42.2 Å². The van der Waals surface area contributed by atoms with Gasteiger partial charge >= 0.3 is 25.7 Å². The molecule has 0 rings (SSSR count). The molecule has 0 saturated heterocycles. The Morgan fingerprint density at radius 2 is 0.684 bits per heavy atom. The zero-order valence-electron chi connectivity index (χ0n) is 49.0. The summed E-state index contributed by atoms with van der Waals surface area (Å²) in [6.45, 7) is 4.54. The molecule has 3 atom stereocenters. The topological polar surface area (TPSA) is 155 Å². The van der Waals surface area contributed by atoms with Crippen molar-refractivity contribution < 1.29 is 52.2 Å². The molecule has 0 aromatic rings. The van der Waals surface area contributed by atoms with E-state index in [1.54, 1.807) is 0 Å². The molecule has 0 aliphatic carbocycles. The standard InChI is InChI=1S/C64H115O11P/c1-4-7-10-13-16-19-22-25-28-30-33-36-39-42-45-48-51-54-63(67)74-60(56-65)58-72-76(69,70)73-59-61(57-71-62(66)53-50-47-44-41-38-35-32-27-24-21-18-15-12-9-6-3)75-64(68)55-52-49-46-43-40-37-34-31-29-26-23-20-17-14-11-8-5-2/h8,11,17,20,26-27,29,32,34,37,60-61,65H,4-7,9-10,12-16,18-19,21-25,28,30-31,33,35-36,38-59H2,1-3H3,(H,69,70)/b11-8-,20-17-,29-26-,32-27-,37-34-. The highest BCUT2D eigenvalue weighted by molar-refractivity contribution is 7.47. The molecule has 76 heavy (non-hydrogen) atoms. The molecule has 442 valence electrons. The van der Waals surface area contributed by atoms with Crippen molar-refractivity contribution in [3.05, 3.63) is 60.8 Å². The first-order valence-corrected chi connectivity index (χ1v) is 32.7. The number of ether oxygens (including phenoxy) is 3. The second-order valence-corrected chi connectivity index (χ2v) is 22.3. The van der Waals surface area contributed by atoms with Gasteiger partial charge in [-0.1, -0.05) is 248 Å². The normalized spacial score (nSPS) is 13.7. The van der Waals surface area contributed by atoms with Crippen LogP contribution in [0.3, 0.4) is 0 Å². The van der Waals surface area contributed by atoms with Crippen LogP contribution in [0.15, 0.2) is 60.8 Å². The average molecular weight is 1090 g/mol. The lowest BCUT2D eigenvalue weighted by atomic mass is 10.0. The van der Waals surface area contributed by atoms with E-state index in [9.17, 15) is 28.9 Å². The van der Waals surface area contributed by atoms with Crippen LogP contribution in [-0.4, -0.2) is 66.5 Å². The van der Waals surface area contributed by atoms with E-state index < -0.39 is 57.8 Å². The number of carbonyl (C=O) groups is 3. The van der Waals surface area contributed by atoms with Crippen molar-refractivity contribution in [3.63, 3.8) is 0 Å². The maximum atomic E-state index is 12.9. The van der Waals surface area contributed by atoms with Gasteiger partial charge in [0.15, 0.2) is 6.10 Å². The summed E-state index contributed by atoms with van der Waals surface area (Å²) in [7, 11) is -4.76. The van der Waals surface area contributed by atoms with Gasteiger partial charge in [-0.2, -0.15) is 0 Å². The highest BCUT2D eigenvalue weighted by Crippen LogP contribution is 2.43. The number of phosphoric ester groups is 1. The van der Waals surface area contributed by atoms with Crippen LogP contribution in [0, 0.1) is 0 Å². The molecule has 2 N–H and O–H groups in total. The number of rotatable bonds is 58. The third-order valence-electron chi connectivity index (χ3n) is 13.4. The zero-order valence-corrected chi connectivity index (χ0v) is 49.9. The molecule has 0 aliphatic rings. The molecule has 0 aromatic carbocycles. The molecular formula is C64H115O11P. The second-order valence-electron chi connectivity index (χ2n) is 20.8. The molecule has 0 saturated carbocycles. The van der Waals surface area contributed by atoms with E-state index in [4.69, 9.17) is 23.3 Å². The largest absolute Gasteiger partial charge is 0.472 e. The SMILES string of the molecule is CC/C=C\C/C=C\C/C=C\C/C=C\CCCCCCC(=O)OC(COC(=O)CCCCCCC/C=C\CCCCCCCC)COP(=O)(O)OCC(CO)OC(=O)CCCCCCCCCCCCCCCCCCC. The summed E-state index contributed by atoms with van der Waals surface area (Å²) in [6, 6.07) is 0. The fourth-order valence-electron chi connectivity index (χ4n) is 8.70. The van der Waals surface area contributed by atoms with E-state index >= 15 is 0 Å². The quantitative estimate of drug-likeness (QED) is 0.0197. The zero-order chi connectivity index (χ0) is 55.5. The molecule has 0 bridgehead atoms. The molecule has 11 nitrogen and oxygen atoms in total. The van der Waals surface area contributed by atoms with E-state index in [1.165, 1.54) is 122 Å². The molecule has 0 aliphatic heterocycles. The molecule has 0 amide bonds. The summed E-state index contributed by atoms with van der Waals surface area (Å²) >= 11 is 0. The molecule has 0 fully saturated rings. The Morgan fingerprint density at radius 3 is 1.07 bits per heavy atom. The third-order valence-corrected chi connectivity index (χ3v) is 14.4. The van der Waals surface area contributed by atoms with Gasteiger partial charge in [0.1, 0.15) is 12.7 Å². The number of hydrogen-bond acceptors (Lipinski definition) is 10. The Balaban J connectivity index is 4.71. The lowest BCUT2D eigenvalue weighted by Crippen LogP contribution is -2.30. The Kier molecular flexibility index (Phi) is 56.2. The van der Waals surface area contributed by atoms with Gasteiger partial charge in [0.2, 0.25) is 0 Å². The van der Waals surface area contributed by atoms with Crippen molar-refractivity contribution in [1.29, 1.82) is 0 Å². The molecular weight excluding hydrogens is 976 g/mol. The van der Waals surface area contributed by atoms with Gasteiger partial charge in [-0.3, -0.25) is 23.4 Å². The van der Waals surface area contributed by atoms with Gasteiger partial charge in [0.05, 0.1) is 19.8 Å². The third kappa shape index (κ3) is 55.9. The van der Waals surface area contributed by atoms with Gasteiger partial charge in [0, 0.05) is 19.3 Å². The Morgan fingerprint density at radius 1 is 0.382 bits per heavy atom. The number of phosphoric acid groups is 1. The van der Waals surface area contributed by atoms with Gasteiger partial charge < -0.3 is 24.2 Å². The van der Waals surface area contributed by atoms with Crippen molar-refractivity contribution in [2.75, 3.05) is 26.4 Å². The summed E-state index contributed by atoms with van der Waals surface area (Å²) in [5.41, 5.74) is 0. The van der Waals surface area contributed by atoms with Crippen molar-refractivity contribution in [2.45, 2.75) is 303 Å². The van der Waals surface area contributed by atoms with Crippen LogP contribution in [0.5, 0.6) is 0 Å². The summed E-state index contributed by atoms with van der Waals surface area (Å²) in [5.74, 6) is -1.49. The van der Waals surface area contributed by atoms with E-state index in [2.05, 4.69) is 81.5 Å². The number of allylic oxidation sites excluding steroid dienone is 10. The van der Waals surface area contributed by atoms with Crippen LogP contribution >= 0.6 is 7.82 Å². The van der Waals surface area contributed by atoms with E-state index in [-0.39, 0.29) is 25.9 Å². The summed E-state index contributed by atoms with van der Waals surface area (Å²) < 4.78 is 39.6. The summed E-state index contributed by atoms with van der Waals surface area (Å²) in [5, 5.41) is 9.84. The van der Waals surface area contributed by atoms with Gasteiger partial charge in [-0.25, -0.2) is 4.57 Å². The van der Waals surface area contributed by atoms with Crippen molar-refractivity contribution in [3.8, 4) is 0 Å². The minimum absolute atomic E-state index is 0.139. The summed E-state index contributed by atoms with van der Waals surface area (Å²) in [6.07, 6.45) is 64.6. The van der Waals surface area contributed by atoms with Gasteiger partial charge in [-0.15, -0.1) is 0 Å². The first-order chi connectivity index (χ1) is 37.2. The van der Waals surface area contributed by atoms with Crippen LogP contribution in [0.1, 0.15) is 290 Å². The number of hydrogen-bond donors (Lipinski definition) is 2. The minimum Gasteiger partial charge on any atom is -0.462 e. The van der Waals surface area contributed by atoms with Gasteiger partial charge in [0.25, 0.3) is 0 Å². The van der Waals surface area contributed by atoms with Crippen LogP contribution in [0.4, 0.5) is 0 Å². The Labute approximate surface area is 465 Å².